The summed E-state index contributed by atoms with van der Waals surface area (Å²) in [6.07, 6.45) is 2.27. The van der Waals surface area contributed by atoms with E-state index in [2.05, 4.69) is 20.5 Å². The molecule has 1 aliphatic rings. The van der Waals surface area contributed by atoms with Gasteiger partial charge in [0.15, 0.2) is 11.3 Å². The molecular weight excluding hydrogens is 282 g/mol. The maximum atomic E-state index is 12.3. The third kappa shape index (κ3) is 2.14. The Morgan fingerprint density at radius 2 is 2.18 bits per heavy atom. The fourth-order valence-corrected chi connectivity index (χ4v) is 2.45. The first-order valence-corrected chi connectivity index (χ1v) is 7.19. The number of anilines is 1. The maximum Gasteiger partial charge on any atom is 0.293 e. The molecule has 3 heterocycles. The Morgan fingerprint density at radius 1 is 1.36 bits per heavy atom. The standard InChI is InChI=1S/C15H15N5O2/c1-8-3-6-11-10(16-8)7-12(22-11)14(21)17-15-19-18-13(20(15)2)9-4-5-9/h3,6-7,9H,4-5H2,1-2H3,(H,17,19,21). The number of fused-ring (bicyclic) bond motifs is 1. The van der Waals surface area contributed by atoms with Gasteiger partial charge in [-0.15, -0.1) is 10.2 Å². The van der Waals surface area contributed by atoms with Crippen molar-refractivity contribution in [1.82, 2.24) is 19.7 Å². The van der Waals surface area contributed by atoms with Crippen molar-refractivity contribution in [3.63, 3.8) is 0 Å². The first-order chi connectivity index (χ1) is 10.6. The highest BCUT2D eigenvalue weighted by Crippen LogP contribution is 2.39. The molecule has 0 unspecified atom stereocenters. The average Bonchev–Trinajstić information content (AvgIpc) is 3.14. The quantitative estimate of drug-likeness (QED) is 0.802. The molecule has 1 saturated carbocycles. The molecule has 0 aliphatic heterocycles. The number of amides is 1. The lowest BCUT2D eigenvalue weighted by Gasteiger charge is -2.03. The van der Waals surface area contributed by atoms with Gasteiger partial charge in [0, 0.05) is 24.7 Å². The fraction of sp³-hybridized carbons (Fsp3) is 0.333. The summed E-state index contributed by atoms with van der Waals surface area (Å²) in [7, 11) is 1.85. The predicted octanol–water partition coefficient (Wildman–Crippen LogP) is 2.39. The summed E-state index contributed by atoms with van der Waals surface area (Å²) in [5, 5.41) is 10.9. The molecule has 0 saturated heterocycles. The molecule has 7 heteroatoms. The molecule has 1 amide bonds. The van der Waals surface area contributed by atoms with Crippen LogP contribution in [0.5, 0.6) is 0 Å². The van der Waals surface area contributed by atoms with Crippen molar-refractivity contribution >= 4 is 23.0 Å². The Bertz CT molecular complexity index is 875. The Balaban J connectivity index is 1.60. The highest BCUT2D eigenvalue weighted by Gasteiger charge is 2.29. The zero-order valence-corrected chi connectivity index (χ0v) is 12.3. The summed E-state index contributed by atoms with van der Waals surface area (Å²) < 4.78 is 7.35. The Hall–Kier alpha value is -2.70. The van der Waals surface area contributed by atoms with Crippen molar-refractivity contribution in [3.05, 3.63) is 35.5 Å². The minimum Gasteiger partial charge on any atom is -0.449 e. The zero-order valence-electron chi connectivity index (χ0n) is 12.3. The van der Waals surface area contributed by atoms with E-state index in [1.165, 1.54) is 0 Å². The predicted molar refractivity (Wildman–Crippen MR) is 79.7 cm³/mol. The molecule has 1 fully saturated rings. The van der Waals surface area contributed by atoms with Gasteiger partial charge in [0.05, 0.1) is 0 Å². The number of hydrogen-bond donors (Lipinski definition) is 1. The molecule has 112 valence electrons. The molecule has 3 aromatic rings. The van der Waals surface area contributed by atoms with Crippen molar-refractivity contribution in [2.75, 3.05) is 5.32 Å². The Labute approximate surface area is 126 Å². The largest absolute Gasteiger partial charge is 0.449 e. The average molecular weight is 297 g/mol. The van der Waals surface area contributed by atoms with Crippen LogP contribution in [0.4, 0.5) is 5.95 Å². The molecule has 3 aromatic heterocycles. The first-order valence-electron chi connectivity index (χ1n) is 7.19. The summed E-state index contributed by atoms with van der Waals surface area (Å²) in [4.78, 5) is 16.6. The number of nitrogens with one attached hydrogen (secondary N) is 1. The summed E-state index contributed by atoms with van der Waals surface area (Å²) in [5.74, 6) is 1.67. The van der Waals surface area contributed by atoms with Crippen molar-refractivity contribution in [3.8, 4) is 0 Å². The molecule has 0 spiro atoms. The number of furan rings is 1. The number of pyridine rings is 1. The van der Waals surface area contributed by atoms with Crippen LogP contribution in [0.2, 0.25) is 0 Å². The number of aryl methyl sites for hydroxylation is 1. The topological polar surface area (TPSA) is 85.8 Å². The molecule has 1 aliphatic carbocycles. The monoisotopic (exact) mass is 297 g/mol. The Kier molecular flexibility index (Phi) is 2.75. The number of carbonyl (C=O) groups is 1. The van der Waals surface area contributed by atoms with E-state index in [-0.39, 0.29) is 11.7 Å². The zero-order chi connectivity index (χ0) is 15.3. The Morgan fingerprint density at radius 3 is 2.95 bits per heavy atom. The smallest absolute Gasteiger partial charge is 0.293 e. The van der Waals surface area contributed by atoms with Gasteiger partial charge in [0.2, 0.25) is 5.95 Å². The number of carbonyl (C=O) groups excluding carboxylic acids is 1. The van der Waals surface area contributed by atoms with Gasteiger partial charge >= 0.3 is 0 Å². The van der Waals surface area contributed by atoms with E-state index in [1.54, 1.807) is 6.07 Å². The second kappa shape index (κ2) is 4.66. The first kappa shape index (κ1) is 13.0. The van der Waals surface area contributed by atoms with Crippen LogP contribution in [0.3, 0.4) is 0 Å². The fourth-order valence-electron chi connectivity index (χ4n) is 2.45. The van der Waals surface area contributed by atoms with E-state index < -0.39 is 0 Å². The molecule has 0 bridgehead atoms. The van der Waals surface area contributed by atoms with Crippen LogP contribution < -0.4 is 5.32 Å². The van der Waals surface area contributed by atoms with Gasteiger partial charge in [-0.3, -0.25) is 14.7 Å². The second-order valence-electron chi connectivity index (χ2n) is 5.62. The molecular formula is C15H15N5O2. The molecule has 7 nitrogen and oxygen atoms in total. The second-order valence-corrected chi connectivity index (χ2v) is 5.62. The van der Waals surface area contributed by atoms with Crippen LogP contribution in [-0.2, 0) is 7.05 Å². The third-order valence-corrected chi connectivity index (χ3v) is 3.81. The summed E-state index contributed by atoms with van der Waals surface area (Å²) >= 11 is 0. The van der Waals surface area contributed by atoms with Crippen molar-refractivity contribution in [2.24, 2.45) is 7.05 Å². The van der Waals surface area contributed by atoms with Crippen LogP contribution in [0, 0.1) is 6.92 Å². The highest BCUT2D eigenvalue weighted by atomic mass is 16.3. The minimum absolute atomic E-state index is 0.212. The van der Waals surface area contributed by atoms with Gasteiger partial charge < -0.3 is 4.42 Å². The number of hydrogen-bond acceptors (Lipinski definition) is 5. The van der Waals surface area contributed by atoms with Gasteiger partial charge in [0.1, 0.15) is 11.3 Å². The van der Waals surface area contributed by atoms with E-state index in [1.807, 2.05) is 30.7 Å². The molecule has 22 heavy (non-hydrogen) atoms. The summed E-state index contributed by atoms with van der Waals surface area (Å²) in [5.41, 5.74) is 2.14. The van der Waals surface area contributed by atoms with Crippen molar-refractivity contribution in [2.45, 2.75) is 25.7 Å². The lowest BCUT2D eigenvalue weighted by atomic mass is 10.3. The summed E-state index contributed by atoms with van der Waals surface area (Å²) in [6.45, 7) is 1.89. The van der Waals surface area contributed by atoms with Crippen LogP contribution in [-0.4, -0.2) is 25.7 Å². The maximum absolute atomic E-state index is 12.3. The lowest BCUT2D eigenvalue weighted by Crippen LogP contribution is -2.14. The molecule has 0 aromatic carbocycles. The molecule has 0 atom stereocenters. The van der Waals surface area contributed by atoms with Gasteiger partial charge in [0.25, 0.3) is 5.91 Å². The minimum atomic E-state index is -0.353. The van der Waals surface area contributed by atoms with E-state index in [0.717, 1.165) is 24.4 Å². The van der Waals surface area contributed by atoms with Gasteiger partial charge in [-0.1, -0.05) is 0 Å². The van der Waals surface area contributed by atoms with Crippen LogP contribution in [0.25, 0.3) is 11.1 Å². The van der Waals surface area contributed by atoms with Crippen LogP contribution in [0.15, 0.2) is 22.6 Å². The van der Waals surface area contributed by atoms with E-state index in [0.29, 0.717) is 23.0 Å². The van der Waals surface area contributed by atoms with Gasteiger partial charge in [-0.2, -0.15) is 0 Å². The molecule has 1 N–H and O–H groups in total. The van der Waals surface area contributed by atoms with Crippen molar-refractivity contribution in [1.29, 1.82) is 0 Å². The van der Waals surface area contributed by atoms with E-state index in [9.17, 15) is 4.79 Å². The van der Waals surface area contributed by atoms with Crippen LogP contribution in [0.1, 0.15) is 40.8 Å². The van der Waals surface area contributed by atoms with Crippen LogP contribution >= 0.6 is 0 Å². The normalized spacial score (nSPS) is 14.5. The highest BCUT2D eigenvalue weighted by molar-refractivity contribution is 6.03. The number of nitrogens with zero attached hydrogens (tertiary/aromatic N) is 4. The van der Waals surface area contributed by atoms with Crippen molar-refractivity contribution < 1.29 is 9.21 Å². The molecule has 0 radical (unpaired) electrons. The number of aromatic nitrogens is 4. The number of rotatable bonds is 3. The van der Waals surface area contributed by atoms with Gasteiger partial charge in [-0.05, 0) is 31.9 Å². The van der Waals surface area contributed by atoms with Gasteiger partial charge in [-0.25, -0.2) is 4.98 Å². The summed E-state index contributed by atoms with van der Waals surface area (Å²) in [6, 6.07) is 5.29. The SMILES string of the molecule is Cc1ccc2oc(C(=O)Nc3nnc(C4CC4)n3C)cc2n1. The third-order valence-electron chi connectivity index (χ3n) is 3.81. The lowest BCUT2D eigenvalue weighted by molar-refractivity contribution is 0.0997. The van der Waals surface area contributed by atoms with E-state index >= 15 is 0 Å². The van der Waals surface area contributed by atoms with E-state index in [4.69, 9.17) is 4.42 Å². The molecule has 4 rings (SSSR count).